The molecule has 3 aliphatic heterocycles. The predicted octanol–water partition coefficient (Wildman–Crippen LogP) is 2.25. The molecule has 182 valence electrons. The van der Waals surface area contributed by atoms with Crippen LogP contribution < -0.4 is 0 Å². The number of carbonyl (C=O) groups is 4. The number of piperidine rings is 1. The van der Waals surface area contributed by atoms with E-state index in [1.54, 1.807) is 42.5 Å². The van der Waals surface area contributed by atoms with Crippen molar-refractivity contribution in [1.82, 2.24) is 19.6 Å². The van der Waals surface area contributed by atoms with Gasteiger partial charge in [0, 0.05) is 44.8 Å². The van der Waals surface area contributed by atoms with Gasteiger partial charge in [-0.05, 0) is 49.1 Å². The number of hydrogen-bond donors (Lipinski definition) is 0. The number of nitrogens with zero attached hydrogens (tertiary/aromatic N) is 4. The monoisotopic (exact) mass is 474 g/mol. The van der Waals surface area contributed by atoms with E-state index in [0.717, 1.165) is 31.5 Å². The fraction of sp³-hybridized carbons (Fsp3) is 0.407. The van der Waals surface area contributed by atoms with E-state index in [4.69, 9.17) is 0 Å². The van der Waals surface area contributed by atoms with E-state index in [2.05, 4.69) is 4.90 Å². The third-order valence-corrected chi connectivity index (χ3v) is 7.12. The van der Waals surface area contributed by atoms with Gasteiger partial charge in [0.15, 0.2) is 0 Å². The average Bonchev–Trinajstić information content (AvgIpc) is 3.14. The van der Waals surface area contributed by atoms with E-state index in [0.29, 0.717) is 49.4 Å². The fourth-order valence-corrected chi connectivity index (χ4v) is 5.09. The van der Waals surface area contributed by atoms with Gasteiger partial charge in [0.05, 0.1) is 24.2 Å². The summed E-state index contributed by atoms with van der Waals surface area (Å²) in [7, 11) is 0. The summed E-state index contributed by atoms with van der Waals surface area (Å²) < 4.78 is 0. The number of likely N-dealkylation sites (tertiary alicyclic amines) is 1. The van der Waals surface area contributed by atoms with Crippen LogP contribution in [0.3, 0.4) is 0 Å². The van der Waals surface area contributed by atoms with Crippen molar-refractivity contribution >= 4 is 23.6 Å². The molecule has 5 rings (SSSR count). The molecule has 0 atom stereocenters. The molecule has 2 fully saturated rings. The maximum Gasteiger partial charge on any atom is 0.261 e. The Morgan fingerprint density at radius 2 is 1.37 bits per heavy atom. The second kappa shape index (κ2) is 10.00. The molecule has 0 spiro atoms. The number of rotatable bonds is 5. The van der Waals surface area contributed by atoms with Gasteiger partial charge in [-0.2, -0.15) is 0 Å². The minimum absolute atomic E-state index is 0.0729. The summed E-state index contributed by atoms with van der Waals surface area (Å²) in [6.45, 7) is 4.71. The van der Waals surface area contributed by atoms with Gasteiger partial charge < -0.3 is 9.80 Å². The van der Waals surface area contributed by atoms with Crippen LogP contribution in [0.5, 0.6) is 0 Å². The standard InChI is InChI=1S/C27H30N4O4/c32-24(29-11-4-1-5-12-29)19-28-13-15-30(16-14-28)25(33)21-8-6-7-20(17-21)18-31-26(34)22-9-2-3-10-23(22)27(31)35/h2-3,6-10,17H,1,4-5,11-16,18-19H2. The maximum absolute atomic E-state index is 13.2. The van der Waals surface area contributed by atoms with Crippen molar-refractivity contribution in [1.29, 1.82) is 0 Å². The van der Waals surface area contributed by atoms with Gasteiger partial charge in [-0.1, -0.05) is 24.3 Å². The molecular weight excluding hydrogens is 444 g/mol. The van der Waals surface area contributed by atoms with E-state index >= 15 is 0 Å². The Balaban J connectivity index is 1.17. The van der Waals surface area contributed by atoms with Crippen LogP contribution in [0.25, 0.3) is 0 Å². The Bertz CT molecular complexity index is 1110. The van der Waals surface area contributed by atoms with Crippen LogP contribution in [0.2, 0.25) is 0 Å². The van der Waals surface area contributed by atoms with Crippen LogP contribution in [0.15, 0.2) is 48.5 Å². The van der Waals surface area contributed by atoms with E-state index in [9.17, 15) is 19.2 Å². The Kier molecular flexibility index (Phi) is 6.63. The first-order valence-corrected chi connectivity index (χ1v) is 12.3. The normalized spacial score (nSPS) is 18.7. The summed E-state index contributed by atoms with van der Waals surface area (Å²) in [5, 5.41) is 0. The summed E-state index contributed by atoms with van der Waals surface area (Å²) in [5.74, 6) is -0.503. The van der Waals surface area contributed by atoms with Crippen molar-refractivity contribution in [3.05, 3.63) is 70.8 Å². The number of imide groups is 1. The van der Waals surface area contributed by atoms with E-state index in [1.165, 1.54) is 11.3 Å². The number of carbonyl (C=O) groups excluding carboxylic acids is 4. The lowest BCUT2D eigenvalue weighted by Crippen LogP contribution is -2.52. The lowest BCUT2D eigenvalue weighted by Gasteiger charge is -2.36. The molecule has 8 heteroatoms. The maximum atomic E-state index is 13.2. The SMILES string of the molecule is O=C(CN1CCN(C(=O)c2cccc(CN3C(=O)c4ccccc4C3=O)c2)CC1)N1CCCCC1. The number of benzene rings is 2. The molecule has 0 unspecified atom stereocenters. The minimum Gasteiger partial charge on any atom is -0.342 e. The van der Waals surface area contributed by atoms with Crippen LogP contribution in [0, 0.1) is 0 Å². The van der Waals surface area contributed by atoms with Gasteiger partial charge in [-0.15, -0.1) is 0 Å². The van der Waals surface area contributed by atoms with Crippen molar-refractivity contribution in [3.8, 4) is 0 Å². The van der Waals surface area contributed by atoms with Crippen molar-refractivity contribution in [2.75, 3.05) is 45.8 Å². The Labute approximate surface area is 205 Å². The zero-order valence-electron chi connectivity index (χ0n) is 19.8. The van der Waals surface area contributed by atoms with Gasteiger partial charge in [0.1, 0.15) is 0 Å². The van der Waals surface area contributed by atoms with Crippen molar-refractivity contribution in [3.63, 3.8) is 0 Å². The molecule has 8 nitrogen and oxygen atoms in total. The first kappa shape index (κ1) is 23.2. The topological polar surface area (TPSA) is 81.2 Å². The molecule has 0 aromatic heterocycles. The van der Waals surface area contributed by atoms with Crippen LogP contribution in [0.1, 0.15) is 55.9 Å². The second-order valence-corrected chi connectivity index (χ2v) is 9.45. The highest BCUT2D eigenvalue weighted by Gasteiger charge is 2.35. The van der Waals surface area contributed by atoms with Gasteiger partial charge in [-0.25, -0.2) is 0 Å². The minimum atomic E-state index is -0.308. The summed E-state index contributed by atoms with van der Waals surface area (Å²) in [5.41, 5.74) is 2.11. The van der Waals surface area contributed by atoms with E-state index in [-0.39, 0.29) is 30.2 Å². The summed E-state index contributed by atoms with van der Waals surface area (Å²) in [4.78, 5) is 58.2. The van der Waals surface area contributed by atoms with Crippen LogP contribution in [-0.4, -0.2) is 89.0 Å². The van der Waals surface area contributed by atoms with Gasteiger partial charge >= 0.3 is 0 Å². The molecule has 35 heavy (non-hydrogen) atoms. The largest absolute Gasteiger partial charge is 0.342 e. The molecule has 3 aliphatic rings. The molecule has 3 heterocycles. The van der Waals surface area contributed by atoms with Crippen molar-refractivity contribution < 1.29 is 19.2 Å². The van der Waals surface area contributed by atoms with E-state index in [1.807, 2.05) is 15.9 Å². The first-order valence-electron chi connectivity index (χ1n) is 12.3. The molecule has 0 saturated carbocycles. The van der Waals surface area contributed by atoms with Crippen LogP contribution >= 0.6 is 0 Å². The van der Waals surface area contributed by atoms with Crippen LogP contribution in [0.4, 0.5) is 0 Å². The molecule has 2 aromatic carbocycles. The fourth-order valence-electron chi connectivity index (χ4n) is 5.09. The second-order valence-electron chi connectivity index (χ2n) is 9.45. The molecular formula is C27H30N4O4. The zero-order valence-corrected chi connectivity index (χ0v) is 19.8. The molecule has 0 bridgehead atoms. The average molecular weight is 475 g/mol. The van der Waals surface area contributed by atoms with Gasteiger partial charge in [-0.3, -0.25) is 29.0 Å². The lowest BCUT2D eigenvalue weighted by atomic mass is 10.1. The molecule has 4 amide bonds. The smallest absolute Gasteiger partial charge is 0.261 e. The van der Waals surface area contributed by atoms with Crippen molar-refractivity contribution in [2.24, 2.45) is 0 Å². The third kappa shape index (κ3) is 4.84. The Morgan fingerprint density at radius 3 is 2.03 bits per heavy atom. The molecule has 2 saturated heterocycles. The Morgan fingerprint density at radius 1 is 0.714 bits per heavy atom. The quantitative estimate of drug-likeness (QED) is 0.621. The van der Waals surface area contributed by atoms with Gasteiger partial charge in [0.2, 0.25) is 5.91 Å². The van der Waals surface area contributed by atoms with E-state index < -0.39 is 0 Å². The summed E-state index contributed by atoms with van der Waals surface area (Å²) >= 11 is 0. The van der Waals surface area contributed by atoms with Gasteiger partial charge in [0.25, 0.3) is 17.7 Å². The predicted molar refractivity (Wildman–Crippen MR) is 130 cm³/mol. The number of amides is 4. The molecule has 2 aromatic rings. The Hall–Kier alpha value is -3.52. The summed E-state index contributed by atoms with van der Waals surface area (Å²) in [6.07, 6.45) is 3.37. The third-order valence-electron chi connectivity index (χ3n) is 7.12. The van der Waals surface area contributed by atoms with Crippen molar-refractivity contribution in [2.45, 2.75) is 25.8 Å². The highest BCUT2D eigenvalue weighted by molar-refractivity contribution is 6.21. The molecule has 0 N–H and O–H groups in total. The first-order chi connectivity index (χ1) is 17.0. The lowest BCUT2D eigenvalue weighted by molar-refractivity contribution is -0.133. The molecule has 0 radical (unpaired) electrons. The highest BCUT2D eigenvalue weighted by atomic mass is 16.2. The van der Waals surface area contributed by atoms with Crippen LogP contribution in [-0.2, 0) is 11.3 Å². The number of piperazine rings is 1. The summed E-state index contributed by atoms with van der Waals surface area (Å²) in [6, 6.07) is 14.0. The molecule has 0 aliphatic carbocycles. The number of hydrogen-bond acceptors (Lipinski definition) is 5. The number of fused-ring (bicyclic) bond motifs is 1. The highest BCUT2D eigenvalue weighted by Crippen LogP contribution is 2.24. The zero-order chi connectivity index (χ0) is 24.4.